The number of aromatic nitrogens is 2. The summed E-state index contributed by atoms with van der Waals surface area (Å²) in [6.07, 6.45) is 1.06. The van der Waals surface area contributed by atoms with Crippen molar-refractivity contribution < 1.29 is 9.90 Å². The van der Waals surface area contributed by atoms with Crippen LogP contribution in [0.2, 0.25) is 0 Å². The Labute approximate surface area is 119 Å². The van der Waals surface area contributed by atoms with E-state index in [1.165, 1.54) is 11.3 Å². The molecule has 0 unspecified atom stereocenters. The van der Waals surface area contributed by atoms with Crippen LogP contribution in [0.1, 0.15) is 35.0 Å². The van der Waals surface area contributed by atoms with Gasteiger partial charge in [-0.15, -0.1) is 0 Å². The van der Waals surface area contributed by atoms with E-state index in [4.69, 9.17) is 5.11 Å². The lowest BCUT2D eigenvalue weighted by Gasteiger charge is -2.06. The van der Waals surface area contributed by atoms with E-state index in [1.54, 1.807) is 0 Å². The van der Waals surface area contributed by atoms with Gasteiger partial charge in [0.25, 0.3) is 0 Å². The largest absolute Gasteiger partial charge is 0.481 e. The van der Waals surface area contributed by atoms with Crippen molar-refractivity contribution in [2.45, 2.75) is 40.2 Å². The lowest BCUT2D eigenvalue weighted by molar-refractivity contribution is -0.136. The maximum atomic E-state index is 10.6. The van der Waals surface area contributed by atoms with Crippen LogP contribution in [0.5, 0.6) is 0 Å². The van der Waals surface area contributed by atoms with Gasteiger partial charge in [-0.1, -0.05) is 31.2 Å². The molecule has 1 aromatic carbocycles. The highest BCUT2D eigenvalue weighted by Gasteiger charge is 2.10. The molecule has 0 saturated heterocycles. The van der Waals surface area contributed by atoms with E-state index in [0.29, 0.717) is 0 Å². The Kier molecular flexibility index (Phi) is 4.23. The summed E-state index contributed by atoms with van der Waals surface area (Å²) < 4.78 is 2.01. The molecule has 20 heavy (non-hydrogen) atoms. The molecule has 106 valence electrons. The van der Waals surface area contributed by atoms with Crippen LogP contribution in [0.3, 0.4) is 0 Å². The van der Waals surface area contributed by atoms with Gasteiger partial charge in [0.2, 0.25) is 0 Å². The molecule has 2 aromatic rings. The molecule has 0 fully saturated rings. The monoisotopic (exact) mass is 272 g/mol. The zero-order chi connectivity index (χ0) is 14.7. The summed E-state index contributed by atoms with van der Waals surface area (Å²) in [6.45, 7) is 7.00. The number of aryl methyl sites for hydroxylation is 1. The maximum absolute atomic E-state index is 10.6. The summed E-state index contributed by atoms with van der Waals surface area (Å²) in [5.74, 6) is -0.802. The molecule has 1 heterocycles. The third-order valence-electron chi connectivity index (χ3n) is 3.60. The predicted octanol–water partition coefficient (Wildman–Crippen LogP) is 2.74. The van der Waals surface area contributed by atoms with Crippen molar-refractivity contribution in [3.8, 4) is 0 Å². The SMILES string of the molecule is CCc1c(C)nn(Cc2ccc(CC(=O)O)cc2)c1C. The van der Waals surface area contributed by atoms with Gasteiger partial charge in [-0.25, -0.2) is 0 Å². The molecule has 4 nitrogen and oxygen atoms in total. The molecule has 0 atom stereocenters. The first-order valence-electron chi connectivity index (χ1n) is 6.83. The van der Waals surface area contributed by atoms with E-state index < -0.39 is 5.97 Å². The molecule has 0 aliphatic carbocycles. The highest BCUT2D eigenvalue weighted by molar-refractivity contribution is 5.70. The molecule has 0 aliphatic rings. The fraction of sp³-hybridized carbons (Fsp3) is 0.375. The highest BCUT2D eigenvalue weighted by Crippen LogP contribution is 2.15. The molecule has 1 aromatic heterocycles. The van der Waals surface area contributed by atoms with Gasteiger partial charge < -0.3 is 5.11 Å². The average molecular weight is 272 g/mol. The lowest BCUT2D eigenvalue weighted by atomic mass is 10.1. The normalized spacial score (nSPS) is 10.8. The number of hydrogen-bond donors (Lipinski definition) is 1. The lowest BCUT2D eigenvalue weighted by Crippen LogP contribution is -2.05. The van der Waals surface area contributed by atoms with E-state index in [1.807, 2.05) is 35.9 Å². The van der Waals surface area contributed by atoms with Gasteiger partial charge in [-0.05, 0) is 37.0 Å². The standard InChI is InChI=1S/C16H20N2O2/c1-4-15-11(2)17-18(12(15)3)10-14-7-5-13(6-8-14)9-16(19)20/h5-8H,4,9-10H2,1-3H3,(H,19,20). The smallest absolute Gasteiger partial charge is 0.307 e. The Hall–Kier alpha value is -2.10. The zero-order valence-corrected chi connectivity index (χ0v) is 12.2. The molecule has 4 heteroatoms. The highest BCUT2D eigenvalue weighted by atomic mass is 16.4. The second-order valence-electron chi connectivity index (χ2n) is 5.05. The molecule has 0 amide bonds. The van der Waals surface area contributed by atoms with Crippen molar-refractivity contribution in [2.75, 3.05) is 0 Å². The van der Waals surface area contributed by atoms with Crippen LogP contribution in [-0.4, -0.2) is 20.9 Å². The molecule has 0 radical (unpaired) electrons. The van der Waals surface area contributed by atoms with Crippen molar-refractivity contribution in [1.82, 2.24) is 9.78 Å². The van der Waals surface area contributed by atoms with E-state index in [-0.39, 0.29) is 6.42 Å². The summed E-state index contributed by atoms with van der Waals surface area (Å²) in [7, 11) is 0. The van der Waals surface area contributed by atoms with Crippen LogP contribution < -0.4 is 0 Å². The molecule has 0 spiro atoms. The van der Waals surface area contributed by atoms with E-state index in [2.05, 4.69) is 18.9 Å². The topological polar surface area (TPSA) is 55.1 Å². The predicted molar refractivity (Wildman–Crippen MR) is 78.0 cm³/mol. The van der Waals surface area contributed by atoms with Crippen molar-refractivity contribution in [3.05, 3.63) is 52.3 Å². The number of carbonyl (C=O) groups is 1. The number of hydrogen-bond acceptors (Lipinski definition) is 2. The second kappa shape index (κ2) is 5.90. The van der Waals surface area contributed by atoms with Crippen LogP contribution >= 0.6 is 0 Å². The first kappa shape index (κ1) is 14.3. The van der Waals surface area contributed by atoms with Crippen molar-refractivity contribution >= 4 is 5.97 Å². The average Bonchev–Trinajstić information content (AvgIpc) is 2.66. The van der Waals surface area contributed by atoms with Crippen LogP contribution in [0.15, 0.2) is 24.3 Å². The number of nitrogens with zero attached hydrogens (tertiary/aromatic N) is 2. The first-order valence-corrected chi connectivity index (χ1v) is 6.83. The third-order valence-corrected chi connectivity index (χ3v) is 3.60. The molecular weight excluding hydrogens is 252 g/mol. The van der Waals surface area contributed by atoms with Gasteiger partial charge in [-0.2, -0.15) is 5.10 Å². The zero-order valence-electron chi connectivity index (χ0n) is 12.2. The van der Waals surface area contributed by atoms with Crippen LogP contribution in [0.4, 0.5) is 0 Å². The fourth-order valence-electron chi connectivity index (χ4n) is 2.51. The maximum Gasteiger partial charge on any atom is 0.307 e. The van der Waals surface area contributed by atoms with E-state index in [0.717, 1.165) is 29.8 Å². The van der Waals surface area contributed by atoms with Crippen molar-refractivity contribution in [1.29, 1.82) is 0 Å². The van der Waals surface area contributed by atoms with Gasteiger partial charge >= 0.3 is 5.97 Å². The molecule has 2 rings (SSSR count). The molecule has 0 saturated carbocycles. The van der Waals surface area contributed by atoms with Crippen LogP contribution in [0, 0.1) is 13.8 Å². The minimum absolute atomic E-state index is 0.0696. The Morgan fingerprint density at radius 1 is 1.20 bits per heavy atom. The van der Waals surface area contributed by atoms with E-state index in [9.17, 15) is 4.79 Å². The number of carboxylic acids is 1. The van der Waals surface area contributed by atoms with Gasteiger partial charge in [0.15, 0.2) is 0 Å². The van der Waals surface area contributed by atoms with Crippen LogP contribution in [-0.2, 0) is 24.2 Å². The number of rotatable bonds is 5. The summed E-state index contributed by atoms with van der Waals surface area (Å²) >= 11 is 0. The number of carboxylic acid groups (broad SMARTS) is 1. The molecular formula is C16H20N2O2. The Balaban J connectivity index is 2.16. The molecule has 0 bridgehead atoms. The summed E-state index contributed by atoms with van der Waals surface area (Å²) in [6, 6.07) is 7.69. The minimum Gasteiger partial charge on any atom is -0.481 e. The fourth-order valence-corrected chi connectivity index (χ4v) is 2.51. The number of aliphatic carboxylic acids is 1. The summed E-state index contributed by atoms with van der Waals surface area (Å²) in [5, 5.41) is 13.3. The summed E-state index contributed by atoms with van der Waals surface area (Å²) in [5.41, 5.74) is 5.57. The Morgan fingerprint density at radius 2 is 1.80 bits per heavy atom. The Bertz CT molecular complexity index is 612. The summed E-state index contributed by atoms with van der Waals surface area (Å²) in [4.78, 5) is 10.6. The van der Waals surface area contributed by atoms with E-state index >= 15 is 0 Å². The Morgan fingerprint density at radius 3 is 2.30 bits per heavy atom. The third kappa shape index (κ3) is 3.07. The second-order valence-corrected chi connectivity index (χ2v) is 5.05. The number of benzene rings is 1. The van der Waals surface area contributed by atoms with Gasteiger partial charge in [0, 0.05) is 5.69 Å². The molecule has 0 aliphatic heterocycles. The van der Waals surface area contributed by atoms with Gasteiger partial charge in [0.05, 0.1) is 18.7 Å². The first-order chi connectivity index (χ1) is 9.51. The van der Waals surface area contributed by atoms with Gasteiger partial charge in [0.1, 0.15) is 0 Å². The molecule has 1 N–H and O–H groups in total. The minimum atomic E-state index is -0.802. The van der Waals surface area contributed by atoms with Crippen LogP contribution in [0.25, 0.3) is 0 Å². The van der Waals surface area contributed by atoms with Gasteiger partial charge in [-0.3, -0.25) is 9.48 Å². The quantitative estimate of drug-likeness (QED) is 0.910. The van der Waals surface area contributed by atoms with Crippen molar-refractivity contribution in [3.63, 3.8) is 0 Å². The van der Waals surface area contributed by atoms with Crippen molar-refractivity contribution in [2.24, 2.45) is 0 Å².